The predicted molar refractivity (Wildman–Crippen MR) is 74.9 cm³/mol. The second kappa shape index (κ2) is 7.43. The third-order valence-electron chi connectivity index (χ3n) is 4.65. The van der Waals surface area contributed by atoms with E-state index in [-0.39, 0.29) is 0 Å². The summed E-state index contributed by atoms with van der Waals surface area (Å²) >= 11 is 0. The number of hydrogen-bond donors (Lipinski definition) is 3. The second-order valence-corrected chi connectivity index (χ2v) is 6.30. The van der Waals surface area contributed by atoms with Gasteiger partial charge in [-0.2, -0.15) is 0 Å². The topological polar surface area (TPSA) is 112 Å². The van der Waals surface area contributed by atoms with Gasteiger partial charge in [0.15, 0.2) is 0 Å². The van der Waals surface area contributed by atoms with Gasteiger partial charge in [0, 0.05) is 0 Å². The van der Waals surface area contributed by atoms with E-state index >= 15 is 0 Å². The Hall–Kier alpha value is -1.59. The monoisotopic (exact) mass is 300 g/mol. The molecule has 1 saturated carbocycles. The van der Waals surface area contributed by atoms with Crippen LogP contribution in [0.1, 0.15) is 58.3 Å². The van der Waals surface area contributed by atoms with Gasteiger partial charge < -0.3 is 15.3 Å². The molecule has 0 amide bonds. The average molecular weight is 300 g/mol. The van der Waals surface area contributed by atoms with Gasteiger partial charge in [-0.25, -0.2) is 0 Å². The molecule has 0 aromatic carbocycles. The van der Waals surface area contributed by atoms with Gasteiger partial charge in [0.1, 0.15) is 0 Å². The first-order valence-electron chi connectivity index (χ1n) is 7.45. The summed E-state index contributed by atoms with van der Waals surface area (Å²) in [7, 11) is 0. The lowest BCUT2D eigenvalue weighted by Crippen LogP contribution is -2.29. The quantitative estimate of drug-likeness (QED) is 0.738. The first-order valence-corrected chi connectivity index (χ1v) is 7.45. The van der Waals surface area contributed by atoms with E-state index in [1.807, 2.05) is 0 Å². The summed E-state index contributed by atoms with van der Waals surface area (Å²) < 4.78 is 0. The molecule has 3 atom stereocenters. The van der Waals surface area contributed by atoms with Crippen molar-refractivity contribution < 1.29 is 29.7 Å². The van der Waals surface area contributed by atoms with Crippen LogP contribution in [-0.2, 0) is 14.4 Å². The highest BCUT2D eigenvalue weighted by Crippen LogP contribution is 2.35. The number of carboxylic acid groups (broad SMARTS) is 3. The van der Waals surface area contributed by atoms with Crippen LogP contribution in [0.5, 0.6) is 0 Å². The Kier molecular flexibility index (Phi) is 6.18. The van der Waals surface area contributed by atoms with Gasteiger partial charge >= 0.3 is 17.9 Å². The van der Waals surface area contributed by atoms with E-state index in [1.165, 1.54) is 0 Å². The van der Waals surface area contributed by atoms with Crippen LogP contribution >= 0.6 is 0 Å². The molecule has 0 aromatic rings. The number of aliphatic carboxylic acids is 3. The van der Waals surface area contributed by atoms with Crippen LogP contribution in [0.15, 0.2) is 0 Å². The Balaban J connectivity index is 2.86. The Morgan fingerprint density at radius 3 is 1.76 bits per heavy atom. The summed E-state index contributed by atoms with van der Waals surface area (Å²) in [5.41, 5.74) is -0.971. The van der Waals surface area contributed by atoms with E-state index in [4.69, 9.17) is 5.11 Å². The molecule has 0 spiro atoms. The third kappa shape index (κ3) is 5.02. The zero-order chi connectivity index (χ0) is 16.0. The maximum atomic E-state index is 11.5. The molecule has 3 N–H and O–H groups in total. The molecule has 6 heteroatoms. The summed E-state index contributed by atoms with van der Waals surface area (Å²) in [6, 6.07) is 0. The van der Waals surface area contributed by atoms with Gasteiger partial charge in [0.25, 0.3) is 0 Å². The van der Waals surface area contributed by atoms with Crippen LogP contribution in [0.2, 0.25) is 0 Å². The summed E-state index contributed by atoms with van der Waals surface area (Å²) in [5.74, 6) is -3.82. The van der Waals surface area contributed by atoms with E-state index in [0.717, 1.165) is 0 Å². The molecule has 1 aliphatic carbocycles. The van der Waals surface area contributed by atoms with Gasteiger partial charge in [-0.15, -0.1) is 0 Å². The molecular formula is C15H24O6. The molecule has 0 radical (unpaired) electrons. The molecule has 1 rings (SSSR count). The SMILES string of the molecule is CC1(C(=O)O)CCCC(C(=O)O)CCCC(C(=O)O)CC1. The van der Waals surface area contributed by atoms with Gasteiger partial charge in [-0.3, -0.25) is 14.4 Å². The molecule has 6 nitrogen and oxygen atoms in total. The van der Waals surface area contributed by atoms with E-state index in [0.29, 0.717) is 51.4 Å². The van der Waals surface area contributed by atoms with E-state index in [1.54, 1.807) is 6.92 Å². The minimum atomic E-state index is -0.971. The van der Waals surface area contributed by atoms with Crippen molar-refractivity contribution in [2.75, 3.05) is 0 Å². The minimum absolute atomic E-state index is 0.317. The Labute approximate surface area is 124 Å². The van der Waals surface area contributed by atoms with Crippen molar-refractivity contribution in [2.45, 2.75) is 58.3 Å². The molecule has 1 fully saturated rings. The largest absolute Gasteiger partial charge is 0.481 e. The van der Waals surface area contributed by atoms with E-state index < -0.39 is 35.2 Å². The summed E-state index contributed by atoms with van der Waals surface area (Å²) in [4.78, 5) is 33.9. The molecular weight excluding hydrogens is 276 g/mol. The normalized spacial score (nSPS) is 31.9. The van der Waals surface area contributed by atoms with Gasteiger partial charge in [-0.05, 0) is 45.4 Å². The van der Waals surface area contributed by atoms with Crippen LogP contribution in [0.4, 0.5) is 0 Å². The molecule has 0 aromatic heterocycles. The van der Waals surface area contributed by atoms with Crippen molar-refractivity contribution in [3.63, 3.8) is 0 Å². The maximum absolute atomic E-state index is 11.5. The first-order chi connectivity index (χ1) is 9.76. The fourth-order valence-electron chi connectivity index (χ4n) is 2.96. The summed E-state index contributed by atoms with van der Waals surface area (Å²) in [6.45, 7) is 1.63. The molecule has 21 heavy (non-hydrogen) atoms. The maximum Gasteiger partial charge on any atom is 0.309 e. The lowest BCUT2D eigenvalue weighted by atomic mass is 9.78. The van der Waals surface area contributed by atoms with Crippen molar-refractivity contribution in [1.29, 1.82) is 0 Å². The van der Waals surface area contributed by atoms with Crippen molar-refractivity contribution in [3.05, 3.63) is 0 Å². The highest BCUT2D eigenvalue weighted by atomic mass is 16.4. The molecule has 1 aliphatic rings. The van der Waals surface area contributed by atoms with Crippen molar-refractivity contribution in [3.8, 4) is 0 Å². The zero-order valence-corrected chi connectivity index (χ0v) is 12.4. The van der Waals surface area contributed by atoms with Crippen molar-refractivity contribution in [1.82, 2.24) is 0 Å². The van der Waals surface area contributed by atoms with Crippen LogP contribution in [0, 0.1) is 17.3 Å². The molecule has 0 saturated heterocycles. The van der Waals surface area contributed by atoms with E-state index in [2.05, 4.69) is 0 Å². The van der Waals surface area contributed by atoms with Gasteiger partial charge in [-0.1, -0.05) is 12.8 Å². The molecule has 0 aliphatic heterocycles. The molecule has 120 valence electrons. The fourth-order valence-corrected chi connectivity index (χ4v) is 2.96. The Bertz CT molecular complexity index is 405. The first kappa shape index (κ1) is 17.5. The number of carboxylic acids is 3. The summed E-state index contributed by atoms with van der Waals surface area (Å²) in [5, 5.41) is 27.8. The summed E-state index contributed by atoms with van der Waals surface area (Å²) in [6.07, 6.45) is 3.45. The zero-order valence-electron chi connectivity index (χ0n) is 12.4. The van der Waals surface area contributed by atoms with Gasteiger partial charge in [0.05, 0.1) is 17.3 Å². The van der Waals surface area contributed by atoms with Crippen LogP contribution < -0.4 is 0 Å². The molecule has 3 unspecified atom stereocenters. The fraction of sp³-hybridized carbons (Fsp3) is 0.800. The molecule has 0 heterocycles. The van der Waals surface area contributed by atoms with Crippen LogP contribution in [0.3, 0.4) is 0 Å². The van der Waals surface area contributed by atoms with Crippen molar-refractivity contribution in [2.24, 2.45) is 17.3 Å². The highest BCUT2D eigenvalue weighted by Gasteiger charge is 2.35. The Morgan fingerprint density at radius 2 is 1.29 bits per heavy atom. The standard InChI is InChI=1S/C15H24O6/c1-15(14(20)21)8-3-6-10(12(16)17)4-2-5-11(7-9-15)13(18)19/h10-11H,2-9H2,1H3,(H,16,17)(H,18,19)(H,20,21). The lowest BCUT2D eigenvalue weighted by molar-refractivity contribution is -0.150. The highest BCUT2D eigenvalue weighted by molar-refractivity contribution is 5.74. The lowest BCUT2D eigenvalue weighted by Gasteiger charge is -2.26. The minimum Gasteiger partial charge on any atom is -0.481 e. The number of carbonyl (C=O) groups is 3. The second-order valence-electron chi connectivity index (χ2n) is 6.30. The third-order valence-corrected chi connectivity index (χ3v) is 4.65. The average Bonchev–Trinajstić information content (AvgIpc) is 2.42. The number of rotatable bonds is 3. The van der Waals surface area contributed by atoms with Crippen LogP contribution in [0.25, 0.3) is 0 Å². The molecule has 0 bridgehead atoms. The van der Waals surface area contributed by atoms with Gasteiger partial charge in [0.2, 0.25) is 0 Å². The Morgan fingerprint density at radius 1 is 0.810 bits per heavy atom. The van der Waals surface area contributed by atoms with Crippen molar-refractivity contribution >= 4 is 17.9 Å². The van der Waals surface area contributed by atoms with Crippen LogP contribution in [-0.4, -0.2) is 33.2 Å². The number of hydrogen-bond acceptors (Lipinski definition) is 3. The predicted octanol–water partition coefficient (Wildman–Crippen LogP) is 2.61. The van der Waals surface area contributed by atoms with E-state index in [9.17, 15) is 24.6 Å². The smallest absolute Gasteiger partial charge is 0.309 e.